The van der Waals surface area contributed by atoms with E-state index in [4.69, 9.17) is 26.1 Å². The van der Waals surface area contributed by atoms with E-state index in [1.807, 2.05) is 85.8 Å². The number of unbranched alkanes of at least 4 members (excludes halogenated alkanes) is 3. The van der Waals surface area contributed by atoms with Crippen LogP contribution >= 0.6 is 23.4 Å². The summed E-state index contributed by atoms with van der Waals surface area (Å²) in [5.41, 5.74) is 2.30. The van der Waals surface area contributed by atoms with E-state index in [1.54, 1.807) is 4.90 Å². The molecule has 4 rings (SSSR count). The summed E-state index contributed by atoms with van der Waals surface area (Å²) in [6.45, 7) is 5.16. The van der Waals surface area contributed by atoms with Crippen LogP contribution in [0.3, 0.4) is 0 Å². The Hall–Kier alpha value is -3.22. The van der Waals surface area contributed by atoms with Gasteiger partial charge in [-0.25, -0.2) is 4.99 Å². The molecule has 3 aromatic carbocycles. The molecule has 0 saturated carbocycles. The highest BCUT2D eigenvalue weighted by Crippen LogP contribution is 2.40. The molecule has 1 fully saturated rings. The molecule has 37 heavy (non-hydrogen) atoms. The van der Waals surface area contributed by atoms with Crippen LogP contribution in [0.25, 0.3) is 6.08 Å². The summed E-state index contributed by atoms with van der Waals surface area (Å²) in [5.74, 6) is 0.979. The largest absolute Gasteiger partial charge is 0.490 e. The number of amidine groups is 1. The minimum atomic E-state index is -0.142. The molecule has 1 heterocycles. The zero-order valence-corrected chi connectivity index (χ0v) is 22.7. The third-order valence-corrected chi connectivity index (χ3v) is 6.93. The van der Waals surface area contributed by atoms with Crippen molar-refractivity contribution in [3.63, 3.8) is 0 Å². The molecule has 192 valence electrons. The van der Waals surface area contributed by atoms with Crippen LogP contribution in [-0.4, -0.2) is 24.3 Å². The van der Waals surface area contributed by atoms with Crippen molar-refractivity contribution in [1.29, 1.82) is 0 Å². The highest BCUT2D eigenvalue weighted by Gasteiger charge is 2.34. The lowest BCUT2D eigenvalue weighted by molar-refractivity contribution is -0.113. The lowest BCUT2D eigenvalue weighted by Gasteiger charge is -2.15. The maximum atomic E-state index is 13.6. The van der Waals surface area contributed by atoms with Gasteiger partial charge in [0.15, 0.2) is 16.7 Å². The van der Waals surface area contributed by atoms with Gasteiger partial charge in [0.05, 0.1) is 34.5 Å². The number of thioether (sulfide) groups is 1. The first kappa shape index (κ1) is 26.8. The van der Waals surface area contributed by atoms with E-state index in [9.17, 15) is 4.79 Å². The standard InChI is InChI=1S/C30H31ClN2O3S/c1-3-5-6-13-18-36-28-25(31)19-22(20-26(28)35-4-2)21-27-29(34)33(24-16-11-8-12-17-24)30(37-27)32-23-14-9-7-10-15-23/h7-12,14-17,19-21H,3-6,13,18H2,1-2H3/b27-21+,32-30?. The van der Waals surface area contributed by atoms with Crippen molar-refractivity contribution < 1.29 is 14.3 Å². The van der Waals surface area contributed by atoms with Crippen LogP contribution in [0.2, 0.25) is 5.02 Å². The average Bonchev–Trinajstić information content (AvgIpc) is 3.20. The van der Waals surface area contributed by atoms with Crippen LogP contribution in [0.1, 0.15) is 45.1 Å². The summed E-state index contributed by atoms with van der Waals surface area (Å²) in [5, 5.41) is 1.05. The van der Waals surface area contributed by atoms with Gasteiger partial charge < -0.3 is 9.47 Å². The van der Waals surface area contributed by atoms with Gasteiger partial charge in [-0.15, -0.1) is 0 Å². The number of nitrogens with zero attached hydrogens (tertiary/aromatic N) is 2. The second kappa shape index (κ2) is 13.4. The smallest absolute Gasteiger partial charge is 0.271 e. The molecule has 5 nitrogen and oxygen atoms in total. The number of ether oxygens (including phenoxy) is 2. The Balaban J connectivity index is 1.65. The number of halogens is 1. The maximum Gasteiger partial charge on any atom is 0.271 e. The van der Waals surface area contributed by atoms with Crippen molar-refractivity contribution in [2.45, 2.75) is 39.5 Å². The number of benzene rings is 3. The highest BCUT2D eigenvalue weighted by molar-refractivity contribution is 8.19. The molecule has 7 heteroatoms. The molecule has 0 unspecified atom stereocenters. The van der Waals surface area contributed by atoms with Crippen molar-refractivity contribution in [1.82, 2.24) is 0 Å². The van der Waals surface area contributed by atoms with Gasteiger partial charge in [0.25, 0.3) is 5.91 Å². The zero-order chi connectivity index (χ0) is 26.0. The third kappa shape index (κ3) is 6.96. The number of anilines is 1. The van der Waals surface area contributed by atoms with Crippen LogP contribution in [0, 0.1) is 0 Å². The van der Waals surface area contributed by atoms with Crippen molar-refractivity contribution in [2.75, 3.05) is 18.1 Å². The Labute approximate surface area is 228 Å². The number of amides is 1. The van der Waals surface area contributed by atoms with E-state index in [2.05, 4.69) is 6.92 Å². The van der Waals surface area contributed by atoms with E-state index < -0.39 is 0 Å². The minimum Gasteiger partial charge on any atom is -0.490 e. The first-order valence-corrected chi connectivity index (χ1v) is 13.8. The fourth-order valence-electron chi connectivity index (χ4n) is 3.90. The first-order valence-electron chi connectivity index (χ1n) is 12.6. The summed E-state index contributed by atoms with van der Waals surface area (Å²) < 4.78 is 11.8. The summed E-state index contributed by atoms with van der Waals surface area (Å²) in [4.78, 5) is 20.5. The molecule has 3 aromatic rings. The zero-order valence-electron chi connectivity index (χ0n) is 21.2. The monoisotopic (exact) mass is 534 g/mol. The van der Waals surface area contributed by atoms with Gasteiger partial charge in [-0.05, 0) is 73.1 Å². The molecule has 1 saturated heterocycles. The predicted octanol–water partition coefficient (Wildman–Crippen LogP) is 8.51. The minimum absolute atomic E-state index is 0.142. The Kier molecular flexibility index (Phi) is 9.69. The predicted molar refractivity (Wildman–Crippen MR) is 155 cm³/mol. The molecule has 0 N–H and O–H groups in total. The summed E-state index contributed by atoms with van der Waals surface area (Å²) in [6.07, 6.45) is 6.27. The second-order valence-corrected chi connectivity index (χ2v) is 9.91. The van der Waals surface area contributed by atoms with E-state index >= 15 is 0 Å². The molecular weight excluding hydrogens is 504 g/mol. The van der Waals surface area contributed by atoms with Crippen LogP contribution in [0.4, 0.5) is 11.4 Å². The van der Waals surface area contributed by atoms with Crippen molar-refractivity contribution in [2.24, 2.45) is 4.99 Å². The number of aliphatic imine (C=N–C) groups is 1. The van der Waals surface area contributed by atoms with Crippen molar-refractivity contribution in [3.8, 4) is 11.5 Å². The van der Waals surface area contributed by atoms with Gasteiger partial charge in [-0.1, -0.05) is 74.2 Å². The van der Waals surface area contributed by atoms with Gasteiger partial charge in [0, 0.05) is 0 Å². The Morgan fingerprint density at radius 3 is 2.38 bits per heavy atom. The fourth-order valence-corrected chi connectivity index (χ4v) is 5.17. The fraction of sp³-hybridized carbons (Fsp3) is 0.267. The van der Waals surface area contributed by atoms with Crippen LogP contribution < -0.4 is 14.4 Å². The molecule has 1 aliphatic rings. The molecule has 1 amide bonds. The Morgan fingerprint density at radius 2 is 1.68 bits per heavy atom. The number of hydrogen-bond acceptors (Lipinski definition) is 5. The first-order chi connectivity index (χ1) is 18.1. The van der Waals surface area contributed by atoms with Crippen LogP contribution in [0.15, 0.2) is 82.7 Å². The molecule has 1 aliphatic heterocycles. The van der Waals surface area contributed by atoms with E-state index in [1.165, 1.54) is 24.6 Å². The summed E-state index contributed by atoms with van der Waals surface area (Å²) in [6, 6.07) is 22.8. The lowest BCUT2D eigenvalue weighted by atomic mass is 10.1. The third-order valence-electron chi connectivity index (χ3n) is 5.68. The average molecular weight is 535 g/mol. The SMILES string of the molecule is CCCCCCOc1c(Cl)cc(/C=C2/SC(=Nc3ccccc3)N(c3ccccc3)C2=O)cc1OCC. The van der Waals surface area contributed by atoms with E-state index in [0.717, 1.165) is 29.8 Å². The number of carbonyl (C=O) groups is 1. The topological polar surface area (TPSA) is 51.1 Å². The molecule has 0 spiro atoms. The molecule has 0 atom stereocenters. The molecule has 0 bridgehead atoms. The summed E-state index contributed by atoms with van der Waals surface area (Å²) >= 11 is 7.97. The Bertz CT molecular complexity index is 1260. The van der Waals surface area contributed by atoms with Gasteiger partial charge in [0.1, 0.15) is 0 Å². The number of rotatable bonds is 11. The van der Waals surface area contributed by atoms with Crippen molar-refractivity contribution >= 4 is 51.9 Å². The second-order valence-electron chi connectivity index (χ2n) is 8.49. The number of carbonyl (C=O) groups excluding carboxylic acids is 1. The number of para-hydroxylation sites is 2. The molecule has 0 radical (unpaired) electrons. The van der Waals surface area contributed by atoms with Gasteiger partial charge in [-0.2, -0.15) is 0 Å². The maximum absolute atomic E-state index is 13.6. The van der Waals surface area contributed by atoms with E-state index in [0.29, 0.717) is 39.8 Å². The molecule has 0 aromatic heterocycles. The quantitative estimate of drug-likeness (QED) is 0.183. The van der Waals surface area contributed by atoms with Crippen LogP contribution in [-0.2, 0) is 4.79 Å². The number of hydrogen-bond donors (Lipinski definition) is 0. The summed E-state index contributed by atoms with van der Waals surface area (Å²) in [7, 11) is 0. The van der Waals surface area contributed by atoms with Gasteiger partial charge in [0.2, 0.25) is 0 Å². The Morgan fingerprint density at radius 1 is 0.946 bits per heavy atom. The lowest BCUT2D eigenvalue weighted by Crippen LogP contribution is -2.28. The van der Waals surface area contributed by atoms with Gasteiger partial charge in [-0.3, -0.25) is 9.69 Å². The normalized spacial score (nSPS) is 15.5. The highest BCUT2D eigenvalue weighted by atomic mass is 35.5. The van der Waals surface area contributed by atoms with Gasteiger partial charge >= 0.3 is 0 Å². The van der Waals surface area contributed by atoms with Crippen molar-refractivity contribution in [3.05, 3.63) is 88.3 Å². The molecule has 0 aliphatic carbocycles. The van der Waals surface area contributed by atoms with Crippen LogP contribution in [0.5, 0.6) is 11.5 Å². The van der Waals surface area contributed by atoms with E-state index in [-0.39, 0.29) is 5.91 Å². The molecular formula is C30H31ClN2O3S.